The number of fused-ring (bicyclic) bond motifs is 1. The first-order chi connectivity index (χ1) is 12.8. The third-order valence-corrected chi connectivity index (χ3v) is 4.94. The van der Waals surface area contributed by atoms with Crippen LogP contribution in [0.2, 0.25) is 0 Å². The van der Waals surface area contributed by atoms with E-state index in [0.29, 0.717) is 18.2 Å². The highest BCUT2D eigenvalue weighted by atomic mass is 16.5. The van der Waals surface area contributed by atoms with Crippen LogP contribution in [0.1, 0.15) is 53.9 Å². The average molecular weight is 353 g/mol. The zero-order valence-corrected chi connectivity index (χ0v) is 14.2. The number of imidazole rings is 1. The van der Waals surface area contributed by atoms with Crippen LogP contribution < -0.4 is 5.32 Å². The molecule has 3 aromatic rings. The van der Waals surface area contributed by atoms with Gasteiger partial charge in [-0.3, -0.25) is 14.1 Å². The van der Waals surface area contributed by atoms with Crippen molar-refractivity contribution in [3.8, 4) is 0 Å². The summed E-state index contributed by atoms with van der Waals surface area (Å²) in [5.74, 6) is 1.07. The van der Waals surface area contributed by atoms with Crippen LogP contribution >= 0.6 is 0 Å². The van der Waals surface area contributed by atoms with Crippen LogP contribution in [0.5, 0.6) is 0 Å². The molecule has 5 rings (SSSR count). The molecular formula is C17H19N7O2. The third kappa shape index (κ3) is 2.84. The molecule has 0 aromatic carbocycles. The number of aromatic nitrogens is 5. The predicted octanol–water partition coefficient (Wildman–Crippen LogP) is 1.34. The Morgan fingerprint density at radius 2 is 2.23 bits per heavy atom. The standard InChI is InChI=1S/C17H19N7O2/c25-15(20-11-4-5-11)14-21-16(26-22-14)13-3-1-7-23(13)10-12-9-19-17-18-6-2-8-24(12)17/h2,6,8-9,11,13H,1,3-5,7,10H2,(H,20,25). The maximum Gasteiger partial charge on any atom is 0.292 e. The number of rotatable bonds is 5. The van der Waals surface area contributed by atoms with Gasteiger partial charge in [-0.25, -0.2) is 9.97 Å². The highest BCUT2D eigenvalue weighted by Gasteiger charge is 2.33. The fourth-order valence-electron chi connectivity index (χ4n) is 3.44. The van der Waals surface area contributed by atoms with Crippen molar-refractivity contribution < 1.29 is 9.32 Å². The van der Waals surface area contributed by atoms with E-state index in [0.717, 1.165) is 37.9 Å². The first-order valence-corrected chi connectivity index (χ1v) is 8.93. The van der Waals surface area contributed by atoms with E-state index in [1.54, 1.807) is 6.20 Å². The molecule has 3 aromatic heterocycles. The van der Waals surface area contributed by atoms with E-state index >= 15 is 0 Å². The predicted molar refractivity (Wildman–Crippen MR) is 90.2 cm³/mol. The number of hydrogen-bond donors (Lipinski definition) is 1. The third-order valence-electron chi connectivity index (χ3n) is 4.94. The molecule has 1 amide bonds. The topological polar surface area (TPSA) is 101 Å². The molecule has 9 nitrogen and oxygen atoms in total. The Kier molecular flexibility index (Phi) is 3.66. The number of likely N-dealkylation sites (tertiary alicyclic amines) is 1. The van der Waals surface area contributed by atoms with Crippen molar-refractivity contribution >= 4 is 11.7 Å². The van der Waals surface area contributed by atoms with Crippen LogP contribution in [0.25, 0.3) is 5.78 Å². The molecule has 9 heteroatoms. The molecule has 1 saturated heterocycles. The Balaban J connectivity index is 1.34. The van der Waals surface area contributed by atoms with Gasteiger partial charge in [-0.2, -0.15) is 4.98 Å². The summed E-state index contributed by atoms with van der Waals surface area (Å²) in [6, 6.07) is 2.19. The van der Waals surface area contributed by atoms with Crippen molar-refractivity contribution in [3.05, 3.63) is 42.1 Å². The molecule has 1 unspecified atom stereocenters. The van der Waals surface area contributed by atoms with Crippen molar-refractivity contribution in [3.63, 3.8) is 0 Å². The summed E-state index contributed by atoms with van der Waals surface area (Å²) in [6.07, 6.45) is 9.58. The Labute approximate surface area is 149 Å². The van der Waals surface area contributed by atoms with E-state index in [1.807, 2.05) is 22.9 Å². The largest absolute Gasteiger partial charge is 0.346 e. The molecule has 2 fully saturated rings. The van der Waals surface area contributed by atoms with E-state index in [1.165, 1.54) is 0 Å². The monoisotopic (exact) mass is 353 g/mol. The second-order valence-electron chi connectivity index (χ2n) is 6.87. The van der Waals surface area contributed by atoms with Gasteiger partial charge in [0, 0.05) is 25.0 Å². The fraction of sp³-hybridized carbons (Fsp3) is 0.471. The van der Waals surface area contributed by atoms with Gasteiger partial charge >= 0.3 is 0 Å². The van der Waals surface area contributed by atoms with Crippen molar-refractivity contribution in [2.45, 2.75) is 44.3 Å². The zero-order valence-electron chi connectivity index (χ0n) is 14.2. The van der Waals surface area contributed by atoms with Crippen LogP contribution in [0.4, 0.5) is 0 Å². The van der Waals surface area contributed by atoms with Gasteiger partial charge in [0.1, 0.15) is 0 Å². The molecule has 0 radical (unpaired) electrons. The average Bonchev–Trinajstić information content (AvgIpc) is 3.07. The van der Waals surface area contributed by atoms with E-state index in [4.69, 9.17) is 4.52 Å². The summed E-state index contributed by atoms with van der Waals surface area (Å²) in [6.45, 7) is 1.65. The lowest BCUT2D eigenvalue weighted by atomic mass is 10.2. The molecule has 1 saturated carbocycles. The Bertz CT molecular complexity index is 945. The molecule has 0 bridgehead atoms. The van der Waals surface area contributed by atoms with E-state index in [9.17, 15) is 4.79 Å². The lowest BCUT2D eigenvalue weighted by Crippen LogP contribution is -2.27. The van der Waals surface area contributed by atoms with Gasteiger partial charge in [0.2, 0.25) is 11.7 Å². The summed E-state index contributed by atoms with van der Waals surface area (Å²) in [5.41, 5.74) is 1.06. The molecular weight excluding hydrogens is 334 g/mol. The maximum atomic E-state index is 12.1. The second-order valence-corrected chi connectivity index (χ2v) is 6.87. The van der Waals surface area contributed by atoms with Crippen LogP contribution in [0.15, 0.2) is 29.2 Å². The molecule has 134 valence electrons. The minimum atomic E-state index is -0.250. The molecule has 1 aliphatic carbocycles. The highest BCUT2D eigenvalue weighted by molar-refractivity contribution is 5.90. The summed E-state index contributed by atoms with van der Waals surface area (Å²) in [5, 5.41) is 6.76. The summed E-state index contributed by atoms with van der Waals surface area (Å²) < 4.78 is 7.39. The van der Waals surface area contributed by atoms with Gasteiger partial charge in [-0.15, -0.1) is 0 Å². The first kappa shape index (κ1) is 15.4. The van der Waals surface area contributed by atoms with Crippen molar-refractivity contribution in [1.29, 1.82) is 0 Å². The summed E-state index contributed by atoms with van der Waals surface area (Å²) in [4.78, 5) is 27.3. The maximum absolute atomic E-state index is 12.1. The molecule has 1 atom stereocenters. The SMILES string of the molecule is O=C(NC1CC1)c1noc(C2CCCN2Cc2cnc3ncccn23)n1. The lowest BCUT2D eigenvalue weighted by Gasteiger charge is -2.20. The number of carbonyl (C=O) groups is 1. The summed E-state index contributed by atoms with van der Waals surface area (Å²) >= 11 is 0. The van der Waals surface area contributed by atoms with Gasteiger partial charge in [-0.05, 0) is 38.3 Å². The molecule has 26 heavy (non-hydrogen) atoms. The molecule has 2 aliphatic rings. The minimum Gasteiger partial charge on any atom is -0.346 e. The van der Waals surface area contributed by atoms with E-state index < -0.39 is 0 Å². The number of nitrogens with zero attached hydrogens (tertiary/aromatic N) is 6. The minimum absolute atomic E-state index is 0.0206. The molecule has 1 aliphatic heterocycles. The Hall–Kier alpha value is -2.81. The summed E-state index contributed by atoms with van der Waals surface area (Å²) in [7, 11) is 0. The zero-order chi connectivity index (χ0) is 17.5. The van der Waals surface area contributed by atoms with E-state index in [-0.39, 0.29) is 23.8 Å². The number of amides is 1. The van der Waals surface area contributed by atoms with Crippen LogP contribution in [-0.2, 0) is 6.54 Å². The normalized spacial score (nSPS) is 20.7. The number of carbonyl (C=O) groups excluding carboxylic acids is 1. The first-order valence-electron chi connectivity index (χ1n) is 8.93. The Morgan fingerprint density at radius 1 is 1.31 bits per heavy atom. The van der Waals surface area contributed by atoms with Gasteiger partial charge in [0.15, 0.2) is 0 Å². The smallest absolute Gasteiger partial charge is 0.292 e. The Morgan fingerprint density at radius 3 is 3.12 bits per heavy atom. The molecule has 4 heterocycles. The van der Waals surface area contributed by atoms with Crippen molar-refractivity contribution in [2.24, 2.45) is 0 Å². The van der Waals surface area contributed by atoms with Crippen LogP contribution in [0.3, 0.4) is 0 Å². The van der Waals surface area contributed by atoms with Gasteiger partial charge in [-0.1, -0.05) is 5.16 Å². The quantitative estimate of drug-likeness (QED) is 0.738. The lowest BCUT2D eigenvalue weighted by molar-refractivity contribution is 0.0937. The number of nitrogens with one attached hydrogen (secondary N) is 1. The number of hydrogen-bond acceptors (Lipinski definition) is 7. The van der Waals surface area contributed by atoms with Gasteiger partial charge in [0.05, 0.1) is 17.9 Å². The van der Waals surface area contributed by atoms with Crippen molar-refractivity contribution in [1.82, 2.24) is 34.7 Å². The van der Waals surface area contributed by atoms with Crippen LogP contribution in [0, 0.1) is 0 Å². The van der Waals surface area contributed by atoms with Crippen LogP contribution in [-0.4, -0.2) is 47.9 Å². The van der Waals surface area contributed by atoms with Gasteiger partial charge < -0.3 is 9.84 Å². The molecule has 1 N–H and O–H groups in total. The highest BCUT2D eigenvalue weighted by Crippen LogP contribution is 2.32. The van der Waals surface area contributed by atoms with E-state index in [2.05, 4.69) is 30.3 Å². The molecule has 0 spiro atoms. The van der Waals surface area contributed by atoms with Gasteiger partial charge in [0.25, 0.3) is 11.7 Å². The second kappa shape index (κ2) is 6.17. The fourth-order valence-corrected chi connectivity index (χ4v) is 3.44. The van der Waals surface area contributed by atoms with Crippen molar-refractivity contribution in [2.75, 3.05) is 6.54 Å².